The number of pyridine rings is 1. The lowest BCUT2D eigenvalue weighted by Gasteiger charge is -2.32. The molecule has 1 atom stereocenters. The number of rotatable bonds is 5. The normalized spacial score (nSPS) is 18.5. The Morgan fingerprint density at radius 1 is 1.28 bits per heavy atom. The van der Waals surface area contributed by atoms with Gasteiger partial charge in [-0.05, 0) is 37.4 Å². The Morgan fingerprint density at radius 3 is 3.04 bits per heavy atom. The first kappa shape index (κ1) is 16.0. The molecule has 0 spiro atoms. The predicted molar refractivity (Wildman–Crippen MR) is 96.7 cm³/mol. The highest BCUT2D eigenvalue weighted by atomic mass is 15.2. The summed E-state index contributed by atoms with van der Waals surface area (Å²) in [7, 11) is 2.08. The molecule has 0 amide bonds. The van der Waals surface area contributed by atoms with E-state index in [1.54, 1.807) is 6.20 Å². The van der Waals surface area contributed by atoms with Gasteiger partial charge in [-0.25, -0.2) is 4.98 Å². The molecule has 0 aromatic carbocycles. The number of H-pyrrole nitrogens is 1. The number of imidazole rings is 1. The Bertz CT molecular complexity index is 806. The number of aromatic amines is 1. The van der Waals surface area contributed by atoms with Crippen molar-refractivity contribution < 1.29 is 0 Å². The molecule has 1 fully saturated rings. The summed E-state index contributed by atoms with van der Waals surface area (Å²) in [5.41, 5.74) is 3.42. The van der Waals surface area contributed by atoms with E-state index in [0.29, 0.717) is 5.92 Å². The van der Waals surface area contributed by atoms with E-state index in [2.05, 4.69) is 42.7 Å². The van der Waals surface area contributed by atoms with Gasteiger partial charge < -0.3 is 4.57 Å². The first-order valence-electron chi connectivity index (χ1n) is 8.91. The van der Waals surface area contributed by atoms with Crippen molar-refractivity contribution in [3.05, 3.63) is 54.5 Å². The van der Waals surface area contributed by atoms with E-state index in [9.17, 15) is 0 Å². The first-order chi connectivity index (χ1) is 12.3. The van der Waals surface area contributed by atoms with Gasteiger partial charge in [-0.2, -0.15) is 5.10 Å². The van der Waals surface area contributed by atoms with Crippen LogP contribution in [0.4, 0.5) is 0 Å². The van der Waals surface area contributed by atoms with Gasteiger partial charge in [0.1, 0.15) is 5.82 Å². The molecule has 0 saturated carbocycles. The molecule has 1 saturated heterocycles. The monoisotopic (exact) mass is 336 g/mol. The second-order valence-electron chi connectivity index (χ2n) is 6.91. The maximum absolute atomic E-state index is 4.49. The Kier molecular flexibility index (Phi) is 4.61. The van der Waals surface area contributed by atoms with Crippen LogP contribution in [0, 0.1) is 5.92 Å². The number of aromatic nitrogens is 5. The zero-order valence-electron chi connectivity index (χ0n) is 14.6. The SMILES string of the molecule is Cn1ccnc1CC1CCCN(Cc2cn[nH]c2-c2cccnc2)C1. The zero-order valence-corrected chi connectivity index (χ0v) is 14.6. The van der Waals surface area contributed by atoms with Gasteiger partial charge in [0.15, 0.2) is 0 Å². The van der Waals surface area contributed by atoms with Crippen LogP contribution in [0.2, 0.25) is 0 Å². The molecule has 6 heteroatoms. The fourth-order valence-electron chi connectivity index (χ4n) is 3.75. The van der Waals surface area contributed by atoms with E-state index in [1.165, 1.54) is 24.2 Å². The van der Waals surface area contributed by atoms with Gasteiger partial charge in [-0.1, -0.05) is 0 Å². The van der Waals surface area contributed by atoms with Crippen LogP contribution in [-0.4, -0.2) is 42.7 Å². The Morgan fingerprint density at radius 2 is 2.24 bits per heavy atom. The van der Waals surface area contributed by atoms with Crippen LogP contribution < -0.4 is 0 Å². The van der Waals surface area contributed by atoms with Crippen LogP contribution in [0.3, 0.4) is 0 Å². The molecule has 3 aromatic heterocycles. The molecule has 0 bridgehead atoms. The van der Waals surface area contributed by atoms with E-state index >= 15 is 0 Å². The Hall–Kier alpha value is -2.47. The number of aryl methyl sites for hydroxylation is 1. The molecule has 1 N–H and O–H groups in total. The fourth-order valence-corrected chi connectivity index (χ4v) is 3.75. The van der Waals surface area contributed by atoms with Gasteiger partial charge in [0.25, 0.3) is 0 Å². The van der Waals surface area contributed by atoms with Crippen molar-refractivity contribution in [2.24, 2.45) is 13.0 Å². The molecule has 1 aliphatic rings. The van der Waals surface area contributed by atoms with E-state index in [0.717, 1.165) is 37.3 Å². The number of hydrogen-bond acceptors (Lipinski definition) is 4. The summed E-state index contributed by atoms with van der Waals surface area (Å²) in [5.74, 6) is 1.86. The molecule has 3 aromatic rings. The number of piperidine rings is 1. The summed E-state index contributed by atoms with van der Waals surface area (Å²) in [5, 5.41) is 7.40. The van der Waals surface area contributed by atoms with Crippen molar-refractivity contribution >= 4 is 0 Å². The van der Waals surface area contributed by atoms with Gasteiger partial charge in [0.05, 0.1) is 11.9 Å². The number of nitrogens with zero attached hydrogens (tertiary/aromatic N) is 5. The average Bonchev–Trinajstić information content (AvgIpc) is 3.26. The van der Waals surface area contributed by atoms with Gasteiger partial charge in [0, 0.05) is 62.5 Å². The molecule has 0 radical (unpaired) electrons. The molecule has 6 nitrogen and oxygen atoms in total. The second kappa shape index (κ2) is 7.19. The minimum Gasteiger partial charge on any atom is -0.338 e. The van der Waals surface area contributed by atoms with Crippen molar-refractivity contribution in [2.45, 2.75) is 25.8 Å². The van der Waals surface area contributed by atoms with Gasteiger partial charge in [0.2, 0.25) is 0 Å². The highest BCUT2D eigenvalue weighted by Gasteiger charge is 2.22. The molecule has 1 aliphatic heterocycles. The zero-order chi connectivity index (χ0) is 17.1. The summed E-state index contributed by atoms with van der Waals surface area (Å²) < 4.78 is 2.13. The largest absolute Gasteiger partial charge is 0.338 e. The van der Waals surface area contributed by atoms with Crippen LogP contribution in [0.15, 0.2) is 43.1 Å². The van der Waals surface area contributed by atoms with E-state index in [1.807, 2.05) is 30.9 Å². The molecule has 4 rings (SSSR count). The third kappa shape index (κ3) is 3.64. The van der Waals surface area contributed by atoms with E-state index in [-0.39, 0.29) is 0 Å². The van der Waals surface area contributed by atoms with Crippen LogP contribution >= 0.6 is 0 Å². The maximum Gasteiger partial charge on any atom is 0.108 e. The minimum absolute atomic E-state index is 0.670. The predicted octanol–water partition coefficient (Wildman–Crippen LogP) is 2.66. The van der Waals surface area contributed by atoms with Crippen molar-refractivity contribution in [1.29, 1.82) is 0 Å². The second-order valence-corrected chi connectivity index (χ2v) is 6.91. The van der Waals surface area contributed by atoms with Gasteiger partial charge in [-0.15, -0.1) is 0 Å². The topological polar surface area (TPSA) is 62.6 Å². The van der Waals surface area contributed by atoms with Crippen LogP contribution in [0.25, 0.3) is 11.3 Å². The van der Waals surface area contributed by atoms with Crippen molar-refractivity contribution in [3.63, 3.8) is 0 Å². The third-order valence-corrected chi connectivity index (χ3v) is 5.06. The molecule has 0 aliphatic carbocycles. The third-order valence-electron chi connectivity index (χ3n) is 5.06. The summed E-state index contributed by atoms with van der Waals surface area (Å²) in [6, 6.07) is 4.04. The molecule has 1 unspecified atom stereocenters. The molecule has 4 heterocycles. The molecule has 130 valence electrons. The lowest BCUT2D eigenvalue weighted by molar-refractivity contribution is 0.165. The lowest BCUT2D eigenvalue weighted by atomic mass is 9.94. The first-order valence-corrected chi connectivity index (χ1v) is 8.91. The number of nitrogens with one attached hydrogen (secondary N) is 1. The quantitative estimate of drug-likeness (QED) is 0.778. The minimum atomic E-state index is 0.670. The highest BCUT2D eigenvalue weighted by molar-refractivity contribution is 5.61. The molecular formula is C19H24N6. The Balaban J connectivity index is 1.43. The van der Waals surface area contributed by atoms with Crippen molar-refractivity contribution in [3.8, 4) is 11.3 Å². The summed E-state index contributed by atoms with van der Waals surface area (Å²) in [6.45, 7) is 3.19. The van der Waals surface area contributed by atoms with Gasteiger partial charge >= 0.3 is 0 Å². The maximum atomic E-state index is 4.49. The number of hydrogen-bond donors (Lipinski definition) is 1. The van der Waals surface area contributed by atoms with Crippen LogP contribution in [0.5, 0.6) is 0 Å². The molecular weight excluding hydrogens is 312 g/mol. The Labute approximate surface area is 147 Å². The average molecular weight is 336 g/mol. The smallest absolute Gasteiger partial charge is 0.108 e. The summed E-state index contributed by atoms with van der Waals surface area (Å²) >= 11 is 0. The van der Waals surface area contributed by atoms with Crippen molar-refractivity contribution in [2.75, 3.05) is 13.1 Å². The fraction of sp³-hybridized carbons (Fsp3) is 0.421. The summed E-state index contributed by atoms with van der Waals surface area (Å²) in [4.78, 5) is 11.3. The molecule has 25 heavy (non-hydrogen) atoms. The number of likely N-dealkylation sites (tertiary alicyclic amines) is 1. The standard InChI is InChI=1S/C19H24N6/c1-24-9-7-21-18(24)10-15-4-3-8-25(13-15)14-17-12-22-23-19(17)16-5-2-6-20-11-16/h2,5-7,9,11-12,15H,3-4,8,10,13-14H2,1H3,(H,22,23). The lowest BCUT2D eigenvalue weighted by Crippen LogP contribution is -2.36. The van der Waals surface area contributed by atoms with Crippen LogP contribution in [-0.2, 0) is 20.0 Å². The van der Waals surface area contributed by atoms with E-state index in [4.69, 9.17) is 0 Å². The van der Waals surface area contributed by atoms with Crippen molar-refractivity contribution in [1.82, 2.24) is 29.6 Å². The van der Waals surface area contributed by atoms with Gasteiger partial charge in [-0.3, -0.25) is 15.0 Å². The van der Waals surface area contributed by atoms with E-state index < -0.39 is 0 Å². The summed E-state index contributed by atoms with van der Waals surface area (Å²) in [6.07, 6.45) is 13.1. The highest BCUT2D eigenvalue weighted by Crippen LogP contribution is 2.25. The van der Waals surface area contributed by atoms with Crippen LogP contribution in [0.1, 0.15) is 24.2 Å².